The molecule has 0 N–H and O–H groups in total. The minimum absolute atomic E-state index is 0.131. The molecule has 0 saturated carbocycles. The lowest BCUT2D eigenvalue weighted by atomic mass is 10.3. The van der Waals surface area contributed by atoms with E-state index in [0.29, 0.717) is 0 Å². The number of hydrogen-bond acceptors (Lipinski definition) is 5. The molecular weight excluding hydrogens is 228 g/mol. The second-order valence-electron chi connectivity index (χ2n) is 3.38. The van der Waals surface area contributed by atoms with Crippen LogP contribution in [0, 0.1) is 10.1 Å². The van der Waals surface area contributed by atoms with Gasteiger partial charge in [0.15, 0.2) is 0 Å². The third-order valence-electron chi connectivity index (χ3n) is 2.25. The van der Waals surface area contributed by atoms with Crippen LogP contribution in [-0.4, -0.2) is 35.5 Å². The van der Waals surface area contributed by atoms with Gasteiger partial charge in [0.1, 0.15) is 0 Å². The van der Waals surface area contributed by atoms with Crippen LogP contribution >= 0.6 is 11.9 Å². The molecule has 16 heavy (non-hydrogen) atoms. The van der Waals surface area contributed by atoms with E-state index in [1.54, 1.807) is 24.1 Å². The molecule has 1 aliphatic rings. The Morgan fingerprint density at radius 3 is 2.44 bits per heavy atom. The monoisotopic (exact) mass is 240 g/mol. The molecule has 0 aliphatic carbocycles. The van der Waals surface area contributed by atoms with Crippen LogP contribution in [0.15, 0.2) is 29.2 Å². The van der Waals surface area contributed by atoms with E-state index in [2.05, 4.69) is 4.31 Å². The zero-order chi connectivity index (χ0) is 11.4. The number of hydrogen-bond donors (Lipinski definition) is 0. The van der Waals surface area contributed by atoms with Crippen LogP contribution < -0.4 is 0 Å². The third-order valence-corrected chi connectivity index (χ3v) is 3.36. The molecule has 1 aromatic carbocycles. The van der Waals surface area contributed by atoms with Crippen molar-refractivity contribution in [2.75, 3.05) is 26.3 Å². The van der Waals surface area contributed by atoms with Gasteiger partial charge in [0.2, 0.25) is 0 Å². The predicted molar refractivity (Wildman–Crippen MR) is 61.3 cm³/mol. The molecular formula is C10H12N2O3S. The maximum absolute atomic E-state index is 10.5. The Labute approximate surface area is 97.7 Å². The Kier molecular flexibility index (Phi) is 3.76. The van der Waals surface area contributed by atoms with Gasteiger partial charge in [-0.1, -0.05) is 0 Å². The zero-order valence-corrected chi connectivity index (χ0v) is 9.48. The van der Waals surface area contributed by atoms with Crippen LogP contribution in [0.2, 0.25) is 0 Å². The highest BCUT2D eigenvalue weighted by atomic mass is 32.2. The van der Waals surface area contributed by atoms with E-state index in [1.165, 1.54) is 12.1 Å². The fraction of sp³-hybridized carbons (Fsp3) is 0.400. The van der Waals surface area contributed by atoms with Gasteiger partial charge < -0.3 is 4.74 Å². The minimum atomic E-state index is -0.386. The first-order valence-electron chi connectivity index (χ1n) is 5.01. The van der Waals surface area contributed by atoms with Gasteiger partial charge in [0.05, 0.1) is 18.1 Å². The number of nitro benzene ring substituents is 1. The van der Waals surface area contributed by atoms with Crippen LogP contribution in [0.25, 0.3) is 0 Å². The molecule has 1 aliphatic heterocycles. The van der Waals surface area contributed by atoms with Gasteiger partial charge in [-0.3, -0.25) is 10.1 Å². The number of rotatable bonds is 3. The lowest BCUT2D eigenvalue weighted by Gasteiger charge is -2.25. The predicted octanol–water partition coefficient (Wildman–Crippen LogP) is 1.93. The normalized spacial score (nSPS) is 17.2. The van der Waals surface area contributed by atoms with Crippen LogP contribution in [0.5, 0.6) is 0 Å². The van der Waals surface area contributed by atoms with Crippen molar-refractivity contribution in [3.8, 4) is 0 Å². The van der Waals surface area contributed by atoms with Gasteiger partial charge in [-0.05, 0) is 24.1 Å². The lowest BCUT2D eigenvalue weighted by molar-refractivity contribution is -0.384. The molecule has 1 aromatic rings. The smallest absolute Gasteiger partial charge is 0.269 e. The van der Waals surface area contributed by atoms with Crippen molar-refractivity contribution in [2.24, 2.45) is 0 Å². The summed E-state index contributed by atoms with van der Waals surface area (Å²) in [5.41, 5.74) is 0.131. The van der Waals surface area contributed by atoms with Crippen molar-refractivity contribution in [3.05, 3.63) is 34.4 Å². The van der Waals surface area contributed by atoms with Crippen LogP contribution in [0.3, 0.4) is 0 Å². The van der Waals surface area contributed by atoms with Gasteiger partial charge in [-0.2, -0.15) is 0 Å². The fourth-order valence-corrected chi connectivity index (χ4v) is 2.30. The Morgan fingerprint density at radius 1 is 1.25 bits per heavy atom. The van der Waals surface area contributed by atoms with E-state index >= 15 is 0 Å². The first kappa shape index (κ1) is 11.4. The Bertz CT molecular complexity index is 363. The molecule has 2 rings (SSSR count). The van der Waals surface area contributed by atoms with Crippen molar-refractivity contribution in [3.63, 3.8) is 0 Å². The van der Waals surface area contributed by atoms with Crippen LogP contribution in [0.4, 0.5) is 5.69 Å². The summed E-state index contributed by atoms with van der Waals surface area (Å²) in [6, 6.07) is 6.61. The number of benzene rings is 1. The molecule has 86 valence electrons. The van der Waals surface area contributed by atoms with E-state index in [-0.39, 0.29) is 10.6 Å². The second kappa shape index (κ2) is 5.29. The van der Waals surface area contributed by atoms with E-state index in [1.807, 2.05) is 0 Å². The van der Waals surface area contributed by atoms with Crippen molar-refractivity contribution in [1.29, 1.82) is 0 Å². The average Bonchev–Trinajstić information content (AvgIpc) is 2.31. The number of nitro groups is 1. The van der Waals surface area contributed by atoms with Gasteiger partial charge in [-0.25, -0.2) is 4.31 Å². The van der Waals surface area contributed by atoms with Gasteiger partial charge in [-0.15, -0.1) is 0 Å². The van der Waals surface area contributed by atoms with Crippen LogP contribution in [-0.2, 0) is 4.74 Å². The topological polar surface area (TPSA) is 55.6 Å². The summed E-state index contributed by atoms with van der Waals surface area (Å²) in [5, 5.41) is 10.5. The summed E-state index contributed by atoms with van der Waals surface area (Å²) in [6.07, 6.45) is 0. The lowest BCUT2D eigenvalue weighted by Crippen LogP contribution is -2.30. The molecule has 1 heterocycles. The molecule has 0 bridgehead atoms. The Morgan fingerprint density at radius 2 is 1.88 bits per heavy atom. The molecule has 1 saturated heterocycles. The quantitative estimate of drug-likeness (QED) is 0.459. The first-order chi connectivity index (χ1) is 7.75. The molecule has 5 nitrogen and oxygen atoms in total. The number of morpholine rings is 1. The molecule has 0 unspecified atom stereocenters. The molecule has 0 amide bonds. The van der Waals surface area contributed by atoms with Crippen molar-refractivity contribution >= 4 is 17.6 Å². The zero-order valence-electron chi connectivity index (χ0n) is 8.67. The Balaban J connectivity index is 1.96. The summed E-state index contributed by atoms with van der Waals surface area (Å²) < 4.78 is 7.44. The maximum Gasteiger partial charge on any atom is 0.269 e. The summed E-state index contributed by atoms with van der Waals surface area (Å²) in [5.74, 6) is 0. The molecule has 6 heteroatoms. The summed E-state index contributed by atoms with van der Waals surface area (Å²) in [7, 11) is 0. The summed E-state index contributed by atoms with van der Waals surface area (Å²) >= 11 is 1.62. The van der Waals surface area contributed by atoms with Crippen molar-refractivity contribution < 1.29 is 9.66 Å². The van der Waals surface area contributed by atoms with E-state index in [9.17, 15) is 10.1 Å². The van der Waals surface area contributed by atoms with Gasteiger partial charge in [0, 0.05) is 30.1 Å². The SMILES string of the molecule is O=[N+]([O-])c1ccc(SN2CCOCC2)cc1. The first-order valence-corrected chi connectivity index (χ1v) is 5.78. The van der Waals surface area contributed by atoms with Gasteiger partial charge >= 0.3 is 0 Å². The van der Waals surface area contributed by atoms with E-state index < -0.39 is 0 Å². The maximum atomic E-state index is 10.5. The third kappa shape index (κ3) is 2.94. The van der Waals surface area contributed by atoms with E-state index in [0.717, 1.165) is 31.2 Å². The highest BCUT2D eigenvalue weighted by Gasteiger charge is 2.12. The van der Waals surface area contributed by atoms with E-state index in [4.69, 9.17) is 4.74 Å². The van der Waals surface area contributed by atoms with Gasteiger partial charge in [0.25, 0.3) is 5.69 Å². The second-order valence-corrected chi connectivity index (χ2v) is 4.55. The van der Waals surface area contributed by atoms with Crippen LogP contribution in [0.1, 0.15) is 0 Å². The highest BCUT2D eigenvalue weighted by molar-refractivity contribution is 7.97. The number of non-ortho nitro benzene ring substituents is 1. The average molecular weight is 240 g/mol. The fourth-order valence-electron chi connectivity index (χ4n) is 1.42. The highest BCUT2D eigenvalue weighted by Crippen LogP contribution is 2.25. The summed E-state index contributed by atoms with van der Waals surface area (Å²) in [4.78, 5) is 11.1. The molecule has 0 aromatic heterocycles. The molecule has 0 spiro atoms. The Hall–Kier alpha value is -1.11. The molecule has 0 atom stereocenters. The standard InChI is InChI=1S/C10H12N2O3S/c13-12(14)9-1-3-10(4-2-9)16-11-5-7-15-8-6-11/h1-4H,5-8H2. The van der Waals surface area contributed by atoms with Crippen molar-refractivity contribution in [1.82, 2.24) is 4.31 Å². The number of nitrogens with zero attached hydrogens (tertiary/aromatic N) is 2. The molecule has 1 fully saturated rings. The number of ether oxygens (including phenoxy) is 1. The summed E-state index contributed by atoms with van der Waals surface area (Å²) in [6.45, 7) is 3.28. The molecule has 0 radical (unpaired) electrons. The minimum Gasteiger partial charge on any atom is -0.379 e. The van der Waals surface area contributed by atoms with Crippen molar-refractivity contribution in [2.45, 2.75) is 4.90 Å². The largest absolute Gasteiger partial charge is 0.379 e.